The van der Waals surface area contributed by atoms with Crippen molar-refractivity contribution in [1.82, 2.24) is 5.32 Å². The molecule has 0 radical (unpaired) electrons. The van der Waals surface area contributed by atoms with E-state index in [4.69, 9.17) is 0 Å². The van der Waals surface area contributed by atoms with Crippen LogP contribution in [0.2, 0.25) is 0 Å². The first-order chi connectivity index (χ1) is 7.83. The number of hydrogen-bond acceptors (Lipinski definition) is 2. The Kier molecular flexibility index (Phi) is 3.93. The summed E-state index contributed by atoms with van der Waals surface area (Å²) in [5.41, 5.74) is -0.104. The molecule has 94 valence electrons. The molecule has 0 heterocycles. The van der Waals surface area contributed by atoms with Crippen LogP contribution in [-0.4, -0.2) is 25.7 Å². The third-order valence-electron chi connectivity index (χ3n) is 1.86. The predicted octanol–water partition coefficient (Wildman–Crippen LogP) is 2.13. The summed E-state index contributed by atoms with van der Waals surface area (Å²) >= 11 is 0. The molecule has 7 heteroatoms. The molecule has 3 nitrogen and oxygen atoms in total. The van der Waals surface area contributed by atoms with Crippen LogP contribution in [0.1, 0.15) is 10.4 Å². The van der Waals surface area contributed by atoms with Gasteiger partial charge >= 0.3 is 6.18 Å². The van der Waals surface area contributed by atoms with Crippen LogP contribution in [0.3, 0.4) is 0 Å². The average molecular weight is 251 g/mol. The lowest BCUT2D eigenvalue weighted by atomic mass is 10.2. The molecule has 1 aromatic carbocycles. The van der Waals surface area contributed by atoms with Crippen molar-refractivity contribution in [2.45, 2.75) is 6.18 Å². The number of alkyl halides is 3. The summed E-state index contributed by atoms with van der Waals surface area (Å²) in [6.07, 6.45) is -4.49. The summed E-state index contributed by atoms with van der Waals surface area (Å²) in [6.45, 7) is -1.44. The normalized spacial score (nSPS) is 11.1. The van der Waals surface area contributed by atoms with Crippen LogP contribution in [0.5, 0.6) is 5.75 Å². The van der Waals surface area contributed by atoms with E-state index in [0.29, 0.717) is 0 Å². The molecule has 0 fully saturated rings. The van der Waals surface area contributed by atoms with Gasteiger partial charge < -0.3 is 10.1 Å². The molecule has 0 atom stereocenters. The molecule has 0 bridgehead atoms. The van der Waals surface area contributed by atoms with E-state index in [1.807, 2.05) is 0 Å². The SMILES string of the molecule is COc1cc(C(=O)NCC(F)(F)F)ccc1F. The molecule has 0 unspecified atom stereocenters. The van der Waals surface area contributed by atoms with Gasteiger partial charge in [-0.15, -0.1) is 0 Å². The van der Waals surface area contributed by atoms with E-state index in [-0.39, 0.29) is 11.3 Å². The lowest BCUT2D eigenvalue weighted by molar-refractivity contribution is -0.123. The number of carbonyl (C=O) groups excluding carboxylic acids is 1. The summed E-state index contributed by atoms with van der Waals surface area (Å²) in [4.78, 5) is 11.3. The van der Waals surface area contributed by atoms with Gasteiger partial charge in [0.25, 0.3) is 5.91 Å². The van der Waals surface area contributed by atoms with Crippen LogP contribution in [0, 0.1) is 5.82 Å². The van der Waals surface area contributed by atoms with E-state index in [1.54, 1.807) is 5.32 Å². The number of nitrogens with one attached hydrogen (secondary N) is 1. The van der Waals surface area contributed by atoms with Gasteiger partial charge in [-0.1, -0.05) is 0 Å². The fraction of sp³-hybridized carbons (Fsp3) is 0.300. The van der Waals surface area contributed by atoms with Crippen LogP contribution < -0.4 is 10.1 Å². The lowest BCUT2D eigenvalue weighted by Gasteiger charge is -2.09. The maximum absolute atomic E-state index is 13.0. The molecule has 0 saturated heterocycles. The maximum Gasteiger partial charge on any atom is 0.405 e. The van der Waals surface area contributed by atoms with E-state index in [1.165, 1.54) is 7.11 Å². The third-order valence-corrected chi connectivity index (χ3v) is 1.86. The van der Waals surface area contributed by atoms with Gasteiger partial charge in [0.15, 0.2) is 11.6 Å². The summed E-state index contributed by atoms with van der Waals surface area (Å²) in [5.74, 6) is -1.84. The zero-order valence-electron chi connectivity index (χ0n) is 8.77. The highest BCUT2D eigenvalue weighted by Gasteiger charge is 2.28. The number of halogens is 4. The minimum atomic E-state index is -4.49. The monoisotopic (exact) mass is 251 g/mol. The fourth-order valence-electron chi connectivity index (χ4n) is 1.08. The summed E-state index contributed by atoms with van der Waals surface area (Å²) < 4.78 is 53.1. The Labute approximate surface area is 94.4 Å². The van der Waals surface area contributed by atoms with Crippen molar-refractivity contribution in [3.8, 4) is 5.75 Å². The van der Waals surface area contributed by atoms with E-state index in [2.05, 4.69) is 4.74 Å². The Morgan fingerprint density at radius 1 is 1.41 bits per heavy atom. The summed E-state index contributed by atoms with van der Waals surface area (Å²) in [7, 11) is 1.19. The Bertz CT molecular complexity index is 417. The second kappa shape index (κ2) is 5.03. The van der Waals surface area contributed by atoms with Gasteiger partial charge in [0.1, 0.15) is 6.54 Å². The van der Waals surface area contributed by atoms with Crippen LogP contribution >= 0.6 is 0 Å². The topological polar surface area (TPSA) is 38.3 Å². The number of ether oxygens (including phenoxy) is 1. The fourth-order valence-corrected chi connectivity index (χ4v) is 1.08. The summed E-state index contributed by atoms with van der Waals surface area (Å²) in [6, 6.07) is 3.05. The van der Waals surface area contributed by atoms with Crippen LogP contribution in [0.4, 0.5) is 17.6 Å². The molecule has 1 amide bonds. The Hall–Kier alpha value is -1.79. The minimum Gasteiger partial charge on any atom is -0.494 e. The molecule has 1 rings (SSSR count). The number of rotatable bonds is 3. The van der Waals surface area contributed by atoms with E-state index in [0.717, 1.165) is 18.2 Å². The van der Waals surface area contributed by atoms with Crippen molar-refractivity contribution in [2.75, 3.05) is 13.7 Å². The van der Waals surface area contributed by atoms with Gasteiger partial charge in [0.2, 0.25) is 0 Å². The summed E-state index contributed by atoms with van der Waals surface area (Å²) in [5, 5.41) is 1.67. The molecular weight excluding hydrogens is 242 g/mol. The van der Waals surface area contributed by atoms with Crippen LogP contribution in [-0.2, 0) is 0 Å². The minimum absolute atomic E-state index is 0.104. The van der Waals surface area contributed by atoms with Gasteiger partial charge in [-0.05, 0) is 18.2 Å². The Balaban J connectivity index is 2.76. The average Bonchev–Trinajstić information content (AvgIpc) is 2.25. The van der Waals surface area contributed by atoms with Crippen molar-refractivity contribution < 1.29 is 27.1 Å². The first kappa shape index (κ1) is 13.3. The standard InChI is InChI=1S/C10H9F4NO2/c1-17-8-4-6(2-3-7(8)11)9(16)15-5-10(12,13)14/h2-4H,5H2,1H3,(H,15,16). The first-order valence-electron chi connectivity index (χ1n) is 4.52. The predicted molar refractivity (Wildman–Crippen MR) is 51.3 cm³/mol. The van der Waals surface area contributed by atoms with Gasteiger partial charge in [-0.3, -0.25) is 4.79 Å². The van der Waals surface area contributed by atoms with E-state index < -0.39 is 24.4 Å². The molecule has 0 spiro atoms. The molecule has 0 aliphatic carbocycles. The maximum atomic E-state index is 13.0. The Morgan fingerprint density at radius 2 is 2.06 bits per heavy atom. The first-order valence-corrected chi connectivity index (χ1v) is 4.52. The zero-order chi connectivity index (χ0) is 13.1. The number of hydrogen-bond donors (Lipinski definition) is 1. The van der Waals surface area contributed by atoms with Crippen molar-refractivity contribution >= 4 is 5.91 Å². The van der Waals surface area contributed by atoms with Crippen molar-refractivity contribution in [2.24, 2.45) is 0 Å². The molecule has 0 saturated carbocycles. The molecule has 1 N–H and O–H groups in total. The second-order valence-corrected chi connectivity index (χ2v) is 3.15. The molecule has 0 aromatic heterocycles. The molecule has 0 aliphatic rings. The number of amides is 1. The van der Waals surface area contributed by atoms with Gasteiger partial charge in [-0.25, -0.2) is 4.39 Å². The van der Waals surface area contributed by atoms with E-state index >= 15 is 0 Å². The highest BCUT2D eigenvalue weighted by Crippen LogP contribution is 2.18. The zero-order valence-corrected chi connectivity index (χ0v) is 8.77. The van der Waals surface area contributed by atoms with Crippen molar-refractivity contribution in [1.29, 1.82) is 0 Å². The number of carbonyl (C=O) groups is 1. The smallest absolute Gasteiger partial charge is 0.405 e. The lowest BCUT2D eigenvalue weighted by Crippen LogP contribution is -2.33. The van der Waals surface area contributed by atoms with Crippen molar-refractivity contribution in [3.63, 3.8) is 0 Å². The highest BCUT2D eigenvalue weighted by atomic mass is 19.4. The molecule has 0 aliphatic heterocycles. The van der Waals surface area contributed by atoms with E-state index in [9.17, 15) is 22.4 Å². The number of benzene rings is 1. The van der Waals surface area contributed by atoms with Crippen molar-refractivity contribution in [3.05, 3.63) is 29.6 Å². The third kappa shape index (κ3) is 3.93. The largest absolute Gasteiger partial charge is 0.494 e. The Morgan fingerprint density at radius 3 is 2.59 bits per heavy atom. The number of methoxy groups -OCH3 is 1. The molecular formula is C10H9F4NO2. The highest BCUT2D eigenvalue weighted by molar-refractivity contribution is 5.94. The second-order valence-electron chi connectivity index (χ2n) is 3.15. The van der Waals surface area contributed by atoms with Crippen LogP contribution in [0.15, 0.2) is 18.2 Å². The van der Waals surface area contributed by atoms with Gasteiger partial charge in [0.05, 0.1) is 7.11 Å². The molecule has 17 heavy (non-hydrogen) atoms. The van der Waals surface area contributed by atoms with Gasteiger partial charge in [-0.2, -0.15) is 13.2 Å². The van der Waals surface area contributed by atoms with Crippen LogP contribution in [0.25, 0.3) is 0 Å². The molecule has 1 aromatic rings. The quantitative estimate of drug-likeness (QED) is 0.836. The van der Waals surface area contributed by atoms with Gasteiger partial charge in [0, 0.05) is 5.56 Å².